The first-order chi connectivity index (χ1) is 16.0. The number of hydrogen-bond acceptors (Lipinski definition) is 8. The zero-order valence-corrected chi connectivity index (χ0v) is 19.6. The molecule has 15 heteroatoms. The van der Waals surface area contributed by atoms with Crippen LogP contribution in [0.25, 0.3) is 11.2 Å². The molecular formula is C19H24ClN5O8P+. The predicted molar refractivity (Wildman–Crippen MR) is 119 cm³/mol. The molecule has 13 nitrogen and oxygen atoms in total. The highest BCUT2D eigenvalue weighted by Crippen LogP contribution is 2.39. The molecule has 0 saturated carbocycles. The number of ether oxygens (including phenoxy) is 2. The minimum atomic E-state index is -4.74. The average molecular weight is 517 g/mol. The van der Waals surface area contributed by atoms with E-state index in [4.69, 9.17) is 36.6 Å². The van der Waals surface area contributed by atoms with Crippen LogP contribution in [0.5, 0.6) is 5.75 Å². The topological polar surface area (TPSA) is 186 Å². The number of phosphoric acid groups is 1. The van der Waals surface area contributed by atoms with Crippen LogP contribution in [0.2, 0.25) is 5.02 Å². The number of aromatic nitrogens is 4. The zero-order chi connectivity index (χ0) is 24.6. The second-order valence-electron chi connectivity index (χ2n) is 7.84. The van der Waals surface area contributed by atoms with Crippen LogP contribution in [-0.4, -0.2) is 54.9 Å². The summed E-state index contributed by atoms with van der Waals surface area (Å²) in [7, 11) is -4.74. The van der Waals surface area contributed by atoms with Crippen molar-refractivity contribution < 1.29 is 38.0 Å². The molecule has 0 unspecified atom stereocenters. The van der Waals surface area contributed by atoms with E-state index in [2.05, 4.69) is 14.5 Å². The fourth-order valence-corrected chi connectivity index (χ4v) is 4.31. The molecule has 184 valence electrons. The second kappa shape index (κ2) is 9.62. The molecule has 4 rings (SSSR count). The first-order valence-electron chi connectivity index (χ1n) is 10.3. The van der Waals surface area contributed by atoms with Crippen molar-refractivity contribution >= 4 is 36.5 Å². The number of aromatic amines is 1. The Morgan fingerprint density at radius 2 is 2.06 bits per heavy atom. The molecular weight excluding hydrogens is 493 g/mol. The van der Waals surface area contributed by atoms with Gasteiger partial charge in [-0.3, -0.25) is 18.9 Å². The lowest BCUT2D eigenvalue weighted by Gasteiger charge is -2.14. The minimum absolute atomic E-state index is 0.103. The maximum absolute atomic E-state index is 12.7. The number of halogens is 1. The van der Waals surface area contributed by atoms with Crippen molar-refractivity contribution in [2.45, 2.75) is 31.9 Å². The van der Waals surface area contributed by atoms with E-state index in [-0.39, 0.29) is 30.3 Å². The molecule has 6 N–H and O–H groups in total. The summed E-state index contributed by atoms with van der Waals surface area (Å²) < 4.78 is 30.3. The van der Waals surface area contributed by atoms with Crippen LogP contribution in [0, 0.1) is 5.92 Å². The number of H-pyrrole nitrogens is 1. The monoisotopic (exact) mass is 516 g/mol. The summed E-state index contributed by atoms with van der Waals surface area (Å²) in [6, 6.07) is 6.84. The molecule has 1 saturated heterocycles. The lowest BCUT2D eigenvalue weighted by molar-refractivity contribution is -0.745. The molecule has 1 aliphatic heterocycles. The third-order valence-corrected chi connectivity index (χ3v) is 6.21. The molecule has 3 aromatic rings. The number of imidazole rings is 1. The highest BCUT2D eigenvalue weighted by atomic mass is 35.5. The minimum Gasteiger partial charge on any atom is -0.490 e. The Labute approximate surface area is 197 Å². The van der Waals surface area contributed by atoms with Gasteiger partial charge in [-0.25, -0.2) is 9.13 Å². The predicted octanol–water partition coefficient (Wildman–Crippen LogP) is 0.330. The lowest BCUT2D eigenvalue weighted by Crippen LogP contribution is -2.43. The number of benzene rings is 1. The molecule has 1 fully saturated rings. The Morgan fingerprint density at radius 3 is 2.74 bits per heavy atom. The van der Waals surface area contributed by atoms with Crippen molar-refractivity contribution in [3.05, 3.63) is 46.0 Å². The second-order valence-corrected chi connectivity index (χ2v) is 9.52. The van der Waals surface area contributed by atoms with Crippen molar-refractivity contribution in [1.82, 2.24) is 14.5 Å². The summed E-state index contributed by atoms with van der Waals surface area (Å²) in [4.78, 5) is 37.3. The summed E-state index contributed by atoms with van der Waals surface area (Å²) in [5.41, 5.74) is 5.71. The molecule has 4 atom stereocenters. The fourth-order valence-electron chi connectivity index (χ4n) is 3.84. The summed E-state index contributed by atoms with van der Waals surface area (Å²) in [6.45, 7) is 1.67. The first-order valence-corrected chi connectivity index (χ1v) is 12.2. The van der Waals surface area contributed by atoms with Gasteiger partial charge in [-0.2, -0.15) is 0 Å². The Kier molecular flexibility index (Phi) is 6.97. The van der Waals surface area contributed by atoms with Crippen LogP contribution < -0.4 is 20.6 Å². The number of hydrogen-bond donors (Lipinski definition) is 5. The molecule has 34 heavy (non-hydrogen) atoms. The van der Waals surface area contributed by atoms with E-state index in [9.17, 15) is 14.5 Å². The highest BCUT2D eigenvalue weighted by molar-refractivity contribution is 7.46. The largest absolute Gasteiger partial charge is 0.490 e. The van der Waals surface area contributed by atoms with Crippen LogP contribution in [0.1, 0.15) is 13.2 Å². The third-order valence-electron chi connectivity index (χ3n) is 5.47. The van der Waals surface area contributed by atoms with Gasteiger partial charge in [-0.1, -0.05) is 23.5 Å². The van der Waals surface area contributed by atoms with Gasteiger partial charge in [0.05, 0.1) is 12.7 Å². The number of aliphatic hydroxyl groups is 1. The number of rotatable bonds is 8. The van der Waals surface area contributed by atoms with E-state index in [0.29, 0.717) is 10.8 Å². The van der Waals surface area contributed by atoms with Crippen molar-refractivity contribution in [2.75, 3.05) is 18.9 Å². The lowest BCUT2D eigenvalue weighted by atomic mass is 10.0. The highest BCUT2D eigenvalue weighted by Gasteiger charge is 2.46. The van der Waals surface area contributed by atoms with Gasteiger partial charge in [-0.05, 0) is 24.3 Å². The molecule has 0 radical (unpaired) electrons. The van der Waals surface area contributed by atoms with E-state index >= 15 is 0 Å². The van der Waals surface area contributed by atoms with Gasteiger partial charge < -0.3 is 30.1 Å². The number of nitrogens with zero attached hydrogens (tertiary/aromatic N) is 3. The van der Waals surface area contributed by atoms with Gasteiger partial charge in [0.15, 0.2) is 12.6 Å². The van der Waals surface area contributed by atoms with Crippen molar-refractivity contribution in [3.63, 3.8) is 0 Å². The Bertz CT molecular complexity index is 1280. The fraction of sp³-hybridized carbons (Fsp3) is 0.421. The van der Waals surface area contributed by atoms with Crippen LogP contribution in [0.15, 0.2) is 35.4 Å². The van der Waals surface area contributed by atoms with Gasteiger partial charge in [-0.15, -0.1) is 0 Å². The van der Waals surface area contributed by atoms with E-state index in [0.717, 1.165) is 0 Å². The van der Waals surface area contributed by atoms with Crippen LogP contribution >= 0.6 is 19.4 Å². The van der Waals surface area contributed by atoms with Gasteiger partial charge in [0.25, 0.3) is 11.5 Å². The van der Waals surface area contributed by atoms with Gasteiger partial charge in [0.2, 0.25) is 5.52 Å². The number of anilines is 1. The van der Waals surface area contributed by atoms with Crippen molar-refractivity contribution in [3.8, 4) is 5.75 Å². The summed E-state index contributed by atoms with van der Waals surface area (Å²) in [5.74, 6) is -0.0233. The standard InChI is InChI=1S/C19H23ClN5O8P/c1-10-15(26)13(8-32-34(28,29)30)33-18(10)25-9-24(14-16(25)22-19(21)23-17(14)27)6-7-31-12-4-2-11(20)3-5-12/h2-5,9-10,13,15,18,26H,6-8H2,1H3,(H4-,21,22,23,27,28,29,30)/p+1/t10-,13-,15+,18-/m1/s1. The molecule has 1 aliphatic rings. The third kappa shape index (κ3) is 5.26. The van der Waals surface area contributed by atoms with Gasteiger partial charge in [0, 0.05) is 10.9 Å². The van der Waals surface area contributed by atoms with Gasteiger partial charge >= 0.3 is 13.5 Å². The van der Waals surface area contributed by atoms with Gasteiger partial charge in [0.1, 0.15) is 25.0 Å². The number of aliphatic hydroxyl groups excluding tert-OH is 1. The van der Waals surface area contributed by atoms with E-state index in [1.54, 1.807) is 46.7 Å². The smallest absolute Gasteiger partial charge is 0.469 e. The molecule has 1 aromatic carbocycles. The molecule has 3 heterocycles. The van der Waals surface area contributed by atoms with Crippen molar-refractivity contribution in [1.29, 1.82) is 0 Å². The molecule has 0 amide bonds. The quantitative estimate of drug-likeness (QED) is 0.206. The Hall–Kier alpha value is -2.51. The summed E-state index contributed by atoms with van der Waals surface area (Å²) in [6.07, 6.45) is -1.31. The summed E-state index contributed by atoms with van der Waals surface area (Å²) >= 11 is 5.88. The molecule has 0 spiro atoms. The SMILES string of the molecule is C[C@@H]1[C@H](O)[C@@H](COP(=O)(O)O)O[C@H]1[n+]1cn(CCOc2ccc(Cl)cc2)c2c(=O)[nH]c(N)nc21. The molecule has 0 aliphatic carbocycles. The Balaban J connectivity index is 1.60. The van der Waals surface area contributed by atoms with Crippen LogP contribution in [0.4, 0.5) is 5.95 Å². The molecule has 2 aromatic heterocycles. The Morgan fingerprint density at radius 1 is 1.35 bits per heavy atom. The van der Waals surface area contributed by atoms with Crippen LogP contribution in [-0.2, 0) is 20.4 Å². The maximum atomic E-state index is 12.7. The van der Waals surface area contributed by atoms with E-state index in [1.807, 2.05) is 0 Å². The summed E-state index contributed by atoms with van der Waals surface area (Å²) in [5, 5.41) is 11.1. The number of nitrogen functional groups attached to an aromatic ring is 1. The normalized spacial score (nSPS) is 23.0. The maximum Gasteiger partial charge on any atom is 0.469 e. The zero-order valence-electron chi connectivity index (χ0n) is 17.9. The number of phosphoric ester groups is 1. The number of fused-ring (bicyclic) bond motifs is 1. The first kappa shape index (κ1) is 24.6. The van der Waals surface area contributed by atoms with Crippen LogP contribution in [0.3, 0.4) is 0 Å². The van der Waals surface area contributed by atoms with Crippen molar-refractivity contribution in [2.24, 2.45) is 5.92 Å². The average Bonchev–Trinajstić information content (AvgIpc) is 3.25. The number of nitrogens with two attached hydrogens (primary N) is 1. The van der Waals surface area contributed by atoms with E-state index < -0.39 is 44.3 Å². The molecule has 0 bridgehead atoms. The van der Waals surface area contributed by atoms with E-state index in [1.165, 1.54) is 0 Å². The number of nitrogens with one attached hydrogen (secondary N) is 1.